The number of halogens is 2. The molecule has 53 heavy (non-hydrogen) atoms. The summed E-state index contributed by atoms with van der Waals surface area (Å²) in [5, 5.41) is 16.8. The van der Waals surface area contributed by atoms with Crippen LogP contribution in [-0.4, -0.2) is 113 Å². The van der Waals surface area contributed by atoms with Gasteiger partial charge in [-0.2, -0.15) is 15.1 Å². The van der Waals surface area contributed by atoms with Crippen LogP contribution in [0.3, 0.4) is 0 Å². The highest BCUT2D eigenvalue weighted by Crippen LogP contribution is 2.44. The van der Waals surface area contributed by atoms with Crippen molar-refractivity contribution in [2.24, 2.45) is 0 Å². The number of ether oxygens (including phenoxy) is 2. The fourth-order valence-electron chi connectivity index (χ4n) is 9.03. The number of rotatable bonds is 6. The van der Waals surface area contributed by atoms with Crippen LogP contribution >= 0.6 is 0 Å². The molecule has 2 bridgehead atoms. The number of carbonyl (C=O) groups is 1. The van der Waals surface area contributed by atoms with Crippen LogP contribution in [-0.2, 0) is 4.74 Å². The molecule has 9 rings (SSSR count). The number of amides is 1. The van der Waals surface area contributed by atoms with Crippen LogP contribution in [0, 0.1) is 5.82 Å². The highest BCUT2D eigenvalue weighted by atomic mass is 19.1. The number of aromatic nitrogens is 6. The Morgan fingerprint density at radius 2 is 1.94 bits per heavy atom. The average Bonchev–Trinajstić information content (AvgIpc) is 3.89. The maximum Gasteiger partial charge on any atom is 0.410 e. The molecule has 4 aliphatic heterocycles. The Morgan fingerprint density at radius 1 is 1.09 bits per heavy atom. The topological polar surface area (TPSA) is 135 Å². The van der Waals surface area contributed by atoms with Crippen LogP contribution in [0.4, 0.5) is 19.4 Å². The monoisotopic (exact) mass is 725 g/mol. The number of pyridine rings is 1. The first-order chi connectivity index (χ1) is 25.5. The van der Waals surface area contributed by atoms with E-state index in [0.717, 1.165) is 30.2 Å². The zero-order valence-corrected chi connectivity index (χ0v) is 29.8. The summed E-state index contributed by atoms with van der Waals surface area (Å²) in [6.07, 6.45) is 6.03. The number of piperazine rings is 1. The molecule has 3 aromatic heterocycles. The minimum absolute atomic E-state index is 0.00716. The molecule has 2 aromatic carbocycles. The predicted octanol–water partition coefficient (Wildman–Crippen LogP) is 5.68. The summed E-state index contributed by atoms with van der Waals surface area (Å²) in [7, 11) is 0. The van der Waals surface area contributed by atoms with Crippen LogP contribution in [0.25, 0.3) is 32.9 Å². The molecule has 4 aliphatic rings. The van der Waals surface area contributed by atoms with E-state index in [-0.39, 0.29) is 47.7 Å². The van der Waals surface area contributed by atoms with Gasteiger partial charge in [0.1, 0.15) is 53.8 Å². The number of aromatic hydroxyl groups is 1. The lowest BCUT2D eigenvalue weighted by atomic mass is 9.95. The van der Waals surface area contributed by atoms with Crippen LogP contribution in [0.2, 0.25) is 0 Å². The van der Waals surface area contributed by atoms with Gasteiger partial charge in [0.05, 0.1) is 29.1 Å². The Kier molecular flexibility index (Phi) is 7.91. The van der Waals surface area contributed by atoms with E-state index in [1.165, 1.54) is 12.4 Å². The maximum atomic E-state index is 17.0. The van der Waals surface area contributed by atoms with Crippen molar-refractivity contribution in [3.8, 4) is 23.0 Å². The van der Waals surface area contributed by atoms with E-state index in [0.29, 0.717) is 49.2 Å². The second-order valence-corrected chi connectivity index (χ2v) is 15.8. The molecule has 4 saturated heterocycles. The van der Waals surface area contributed by atoms with Gasteiger partial charge in [-0.3, -0.25) is 14.8 Å². The first kappa shape index (κ1) is 33.6. The quantitative estimate of drug-likeness (QED) is 0.232. The number of phenolic OH excluding ortho intramolecular Hbond substituents is 1. The zero-order valence-electron chi connectivity index (χ0n) is 29.8. The van der Waals surface area contributed by atoms with Crippen molar-refractivity contribution >= 4 is 33.6 Å². The van der Waals surface area contributed by atoms with E-state index in [1.807, 2.05) is 49.9 Å². The van der Waals surface area contributed by atoms with Gasteiger partial charge >= 0.3 is 12.1 Å². The van der Waals surface area contributed by atoms with Gasteiger partial charge in [-0.25, -0.2) is 23.2 Å². The summed E-state index contributed by atoms with van der Waals surface area (Å²) < 4.78 is 45.7. The van der Waals surface area contributed by atoms with E-state index in [2.05, 4.69) is 25.0 Å². The number of hydrogen-bond donors (Lipinski definition) is 1. The predicted molar refractivity (Wildman–Crippen MR) is 192 cm³/mol. The van der Waals surface area contributed by atoms with Crippen LogP contribution in [0.15, 0.2) is 55.2 Å². The molecule has 4 unspecified atom stereocenters. The molecule has 13 nitrogen and oxygen atoms in total. The molecule has 5 atom stereocenters. The van der Waals surface area contributed by atoms with Crippen molar-refractivity contribution < 1.29 is 28.2 Å². The van der Waals surface area contributed by atoms with E-state index in [1.54, 1.807) is 28.2 Å². The SMILES string of the molecule is CC(C)(C)OC(=O)N1C2C[C@@H](n3cncn3)C1CN(c1nc(OCC34CCCN3CC(F)C4)nc3c(F)c(-c4cc(O)cc5ccccc45)ncc13)C2. The number of benzene rings is 2. The molecule has 0 radical (unpaired) electrons. The highest BCUT2D eigenvalue weighted by molar-refractivity contribution is 6.00. The van der Waals surface area contributed by atoms with Crippen LogP contribution < -0.4 is 9.64 Å². The van der Waals surface area contributed by atoms with Gasteiger partial charge in [0.25, 0.3) is 0 Å². The van der Waals surface area contributed by atoms with E-state index in [4.69, 9.17) is 14.5 Å². The van der Waals surface area contributed by atoms with Gasteiger partial charge in [-0.05, 0) is 69.5 Å². The molecule has 0 aliphatic carbocycles. The lowest BCUT2D eigenvalue weighted by Crippen LogP contribution is -2.58. The molecule has 4 fully saturated rings. The Labute approximate surface area is 304 Å². The second-order valence-electron chi connectivity index (χ2n) is 15.8. The summed E-state index contributed by atoms with van der Waals surface area (Å²) in [6.45, 7) is 7.55. The lowest BCUT2D eigenvalue weighted by molar-refractivity contribution is 0.0105. The van der Waals surface area contributed by atoms with Gasteiger partial charge < -0.3 is 19.5 Å². The van der Waals surface area contributed by atoms with E-state index in [9.17, 15) is 14.3 Å². The summed E-state index contributed by atoms with van der Waals surface area (Å²) in [4.78, 5) is 37.9. The fourth-order valence-corrected chi connectivity index (χ4v) is 9.03. The van der Waals surface area contributed by atoms with E-state index < -0.39 is 29.2 Å². The number of nitrogens with zero attached hydrogens (tertiary/aromatic N) is 9. The normalized spacial score (nSPS) is 25.8. The molecule has 1 N–H and O–H groups in total. The van der Waals surface area contributed by atoms with Crippen LogP contribution in [0.1, 0.15) is 52.5 Å². The van der Waals surface area contributed by atoms with Gasteiger partial charge in [-0.1, -0.05) is 24.3 Å². The minimum Gasteiger partial charge on any atom is -0.508 e. The molecule has 15 heteroatoms. The molecule has 5 aromatic rings. The summed E-state index contributed by atoms with van der Waals surface area (Å²) in [5.41, 5.74) is -0.708. The largest absolute Gasteiger partial charge is 0.508 e. The Bertz CT molecular complexity index is 2220. The summed E-state index contributed by atoms with van der Waals surface area (Å²) in [6, 6.07) is 9.65. The third-order valence-electron chi connectivity index (χ3n) is 11.2. The maximum absolute atomic E-state index is 17.0. The summed E-state index contributed by atoms with van der Waals surface area (Å²) >= 11 is 0. The number of anilines is 1. The van der Waals surface area contributed by atoms with Crippen molar-refractivity contribution in [1.82, 2.24) is 39.5 Å². The van der Waals surface area contributed by atoms with Crippen molar-refractivity contribution in [3.05, 3.63) is 61.1 Å². The van der Waals surface area contributed by atoms with Crippen molar-refractivity contribution in [2.75, 3.05) is 37.7 Å². The van der Waals surface area contributed by atoms with Crippen molar-refractivity contribution in [3.63, 3.8) is 0 Å². The lowest BCUT2D eigenvalue weighted by Gasteiger charge is -2.42. The molecule has 0 spiro atoms. The first-order valence-electron chi connectivity index (χ1n) is 18.2. The fraction of sp³-hybridized carbons (Fsp3) is 0.474. The summed E-state index contributed by atoms with van der Waals surface area (Å²) in [5.74, 6) is -0.291. The first-order valence-corrected chi connectivity index (χ1v) is 18.2. The third-order valence-corrected chi connectivity index (χ3v) is 11.2. The number of carbonyl (C=O) groups excluding carboxylic acids is 1. The van der Waals surface area contributed by atoms with Crippen molar-refractivity contribution in [1.29, 1.82) is 0 Å². The standard InChI is InChI=1S/C38H41F2N9O4/c1-37(2,3)53-36(51)49-24-12-29(48-21-41-20-43-48)30(49)18-46(17-24)34-28-15-42-32(27-13-25(50)11-22-7-4-5-8-26(22)27)31(40)33(28)44-35(45-34)52-19-38-9-6-10-47(38)16-23(39)14-38/h4-5,7-8,11,13,15,20-21,23-24,29-30,50H,6,9-10,12,14,16-19H2,1-3H3/t23?,24?,29-,30?,38?/m1/s1. The Morgan fingerprint density at radius 3 is 2.75 bits per heavy atom. The van der Waals surface area contributed by atoms with Crippen LogP contribution in [0.5, 0.6) is 11.8 Å². The number of alkyl halides is 1. The van der Waals surface area contributed by atoms with E-state index >= 15 is 4.39 Å². The van der Waals surface area contributed by atoms with Gasteiger partial charge in [0.15, 0.2) is 5.82 Å². The number of fused-ring (bicyclic) bond motifs is 5. The van der Waals surface area contributed by atoms with Crippen molar-refractivity contribution in [2.45, 2.75) is 81.9 Å². The Hall–Kier alpha value is -5.18. The molecule has 1 amide bonds. The highest BCUT2D eigenvalue weighted by Gasteiger charge is 2.52. The molecule has 7 heterocycles. The average molecular weight is 726 g/mol. The zero-order chi connectivity index (χ0) is 36.6. The molecular formula is C38H41F2N9O4. The van der Waals surface area contributed by atoms with Gasteiger partial charge in [0, 0.05) is 37.8 Å². The van der Waals surface area contributed by atoms with Gasteiger partial charge in [0.2, 0.25) is 0 Å². The molecule has 276 valence electrons. The smallest absolute Gasteiger partial charge is 0.410 e. The minimum atomic E-state index is -0.940. The third kappa shape index (κ3) is 5.85. The van der Waals surface area contributed by atoms with Gasteiger partial charge in [-0.15, -0.1) is 0 Å². The number of phenols is 1. The Balaban J connectivity index is 1.14. The number of hydrogen-bond acceptors (Lipinski definition) is 11. The molecule has 0 saturated carbocycles. The second kappa shape index (κ2) is 12.5. The molecular weight excluding hydrogens is 684 g/mol.